The van der Waals surface area contributed by atoms with Crippen LogP contribution in [-0.2, 0) is 19.1 Å². The van der Waals surface area contributed by atoms with E-state index in [-0.39, 0.29) is 17.8 Å². The van der Waals surface area contributed by atoms with Gasteiger partial charge in [0.15, 0.2) is 5.78 Å². The molecule has 5 nitrogen and oxygen atoms in total. The lowest BCUT2D eigenvalue weighted by atomic mass is 9.68. The molecule has 2 aliphatic rings. The highest BCUT2D eigenvalue weighted by Crippen LogP contribution is 2.46. The molecule has 0 saturated carbocycles. The number of carbonyl (C=O) groups is 2. The SMILES string of the molecule is COCCOC(=O)C1=C(C)NC2=C(C(=O)CC(C)(C)C2)[C@@H]1c1ccccc1. The summed E-state index contributed by atoms with van der Waals surface area (Å²) in [6.07, 6.45) is 1.25. The molecule has 27 heavy (non-hydrogen) atoms. The number of hydrogen-bond donors (Lipinski definition) is 1. The first kappa shape index (κ1) is 19.4. The Morgan fingerprint density at radius 2 is 1.89 bits per heavy atom. The second-order valence-corrected chi connectivity index (χ2v) is 7.97. The highest BCUT2D eigenvalue weighted by atomic mass is 16.6. The molecule has 1 aromatic carbocycles. The van der Waals surface area contributed by atoms with Gasteiger partial charge in [0.05, 0.1) is 12.2 Å². The predicted octanol–water partition coefficient (Wildman–Crippen LogP) is 3.48. The number of benzene rings is 1. The Morgan fingerprint density at radius 3 is 2.56 bits per heavy atom. The molecule has 1 aromatic rings. The van der Waals surface area contributed by atoms with Crippen LogP contribution in [0.2, 0.25) is 0 Å². The Balaban J connectivity index is 2.06. The van der Waals surface area contributed by atoms with Gasteiger partial charge in [-0.3, -0.25) is 4.79 Å². The van der Waals surface area contributed by atoms with Crippen molar-refractivity contribution in [2.45, 2.75) is 39.5 Å². The monoisotopic (exact) mass is 369 g/mol. The number of nitrogens with one attached hydrogen (secondary N) is 1. The van der Waals surface area contributed by atoms with Crippen molar-refractivity contribution < 1.29 is 19.1 Å². The van der Waals surface area contributed by atoms with Crippen molar-refractivity contribution in [3.05, 3.63) is 58.4 Å². The van der Waals surface area contributed by atoms with E-state index in [9.17, 15) is 9.59 Å². The Kier molecular flexibility index (Phi) is 5.51. The van der Waals surface area contributed by atoms with Crippen LogP contribution < -0.4 is 5.32 Å². The van der Waals surface area contributed by atoms with Crippen LogP contribution in [0.1, 0.15) is 45.1 Å². The van der Waals surface area contributed by atoms with E-state index in [1.807, 2.05) is 37.3 Å². The molecule has 1 N–H and O–H groups in total. The standard InChI is InChI=1S/C22H27NO4/c1-14-18(21(25)27-11-10-26-4)19(15-8-6-5-7-9-15)20-16(23-14)12-22(2,3)13-17(20)24/h5-9,19,23H,10-13H2,1-4H3/t19-/m1/s1. The number of Topliss-reactive ketones (excluding diaryl/α,β-unsaturated/α-hetero) is 1. The minimum atomic E-state index is -0.407. The molecule has 0 fully saturated rings. The molecule has 1 heterocycles. The average molecular weight is 369 g/mol. The molecule has 144 valence electrons. The number of methoxy groups -OCH3 is 1. The third-order valence-corrected chi connectivity index (χ3v) is 5.11. The Bertz CT molecular complexity index is 805. The Hall–Kier alpha value is -2.40. The van der Waals surface area contributed by atoms with E-state index in [1.54, 1.807) is 7.11 Å². The summed E-state index contributed by atoms with van der Waals surface area (Å²) >= 11 is 0. The molecule has 3 rings (SSSR count). The van der Waals surface area contributed by atoms with Gasteiger partial charge >= 0.3 is 5.97 Å². The normalized spacial score (nSPS) is 21.6. The molecule has 0 spiro atoms. The van der Waals surface area contributed by atoms with Crippen LogP contribution in [0.5, 0.6) is 0 Å². The fourth-order valence-corrected chi connectivity index (χ4v) is 3.98. The molecule has 0 unspecified atom stereocenters. The van der Waals surface area contributed by atoms with Crippen molar-refractivity contribution in [3.8, 4) is 0 Å². The van der Waals surface area contributed by atoms with Gasteiger partial charge in [0.25, 0.3) is 0 Å². The molecule has 0 radical (unpaired) electrons. The summed E-state index contributed by atoms with van der Waals surface area (Å²) in [6, 6.07) is 9.71. The number of esters is 1. The van der Waals surface area contributed by atoms with Gasteiger partial charge in [-0.25, -0.2) is 4.79 Å². The van der Waals surface area contributed by atoms with Gasteiger partial charge < -0.3 is 14.8 Å². The molecule has 1 aliphatic carbocycles. The van der Waals surface area contributed by atoms with Crippen LogP contribution in [-0.4, -0.2) is 32.1 Å². The van der Waals surface area contributed by atoms with Gasteiger partial charge in [-0.15, -0.1) is 0 Å². The fraction of sp³-hybridized carbons (Fsp3) is 0.455. The number of hydrogen-bond acceptors (Lipinski definition) is 5. The number of allylic oxidation sites excluding steroid dienone is 3. The summed E-state index contributed by atoms with van der Waals surface area (Å²) < 4.78 is 10.4. The minimum Gasteiger partial charge on any atom is -0.460 e. The maximum absolute atomic E-state index is 13.1. The zero-order chi connectivity index (χ0) is 19.6. The van der Waals surface area contributed by atoms with Crippen LogP contribution in [0.25, 0.3) is 0 Å². The number of dihydropyridines is 1. The lowest BCUT2D eigenvalue weighted by Crippen LogP contribution is -2.38. The van der Waals surface area contributed by atoms with E-state index in [0.717, 1.165) is 23.4 Å². The summed E-state index contributed by atoms with van der Waals surface area (Å²) in [7, 11) is 1.56. The van der Waals surface area contributed by atoms with Crippen molar-refractivity contribution in [1.82, 2.24) is 5.32 Å². The molecule has 0 aromatic heterocycles. The van der Waals surface area contributed by atoms with Crippen molar-refractivity contribution in [1.29, 1.82) is 0 Å². The summed E-state index contributed by atoms with van der Waals surface area (Å²) in [4.78, 5) is 25.9. The van der Waals surface area contributed by atoms with E-state index >= 15 is 0 Å². The third-order valence-electron chi connectivity index (χ3n) is 5.11. The van der Waals surface area contributed by atoms with E-state index in [0.29, 0.717) is 24.2 Å². The maximum Gasteiger partial charge on any atom is 0.336 e. The maximum atomic E-state index is 13.1. The van der Waals surface area contributed by atoms with Gasteiger partial charge in [-0.2, -0.15) is 0 Å². The van der Waals surface area contributed by atoms with Crippen molar-refractivity contribution in [2.24, 2.45) is 5.41 Å². The first-order chi connectivity index (χ1) is 12.8. The van der Waals surface area contributed by atoms with Crippen LogP contribution in [0.3, 0.4) is 0 Å². The summed E-state index contributed by atoms with van der Waals surface area (Å²) in [6.45, 7) is 6.59. The summed E-state index contributed by atoms with van der Waals surface area (Å²) in [5, 5.41) is 3.33. The zero-order valence-corrected chi connectivity index (χ0v) is 16.4. The van der Waals surface area contributed by atoms with Crippen molar-refractivity contribution >= 4 is 11.8 Å². The largest absolute Gasteiger partial charge is 0.460 e. The van der Waals surface area contributed by atoms with Crippen LogP contribution in [0, 0.1) is 5.41 Å². The molecular formula is C22H27NO4. The van der Waals surface area contributed by atoms with Gasteiger partial charge in [0.1, 0.15) is 6.61 Å². The second-order valence-electron chi connectivity index (χ2n) is 7.97. The molecule has 1 aliphatic heterocycles. The quantitative estimate of drug-likeness (QED) is 0.636. The fourth-order valence-electron chi connectivity index (χ4n) is 3.98. The predicted molar refractivity (Wildman–Crippen MR) is 103 cm³/mol. The smallest absolute Gasteiger partial charge is 0.336 e. The van der Waals surface area contributed by atoms with Gasteiger partial charge in [-0.1, -0.05) is 44.2 Å². The molecular weight excluding hydrogens is 342 g/mol. The first-order valence-electron chi connectivity index (χ1n) is 9.29. The highest BCUT2D eigenvalue weighted by Gasteiger charge is 2.43. The Labute approximate surface area is 160 Å². The van der Waals surface area contributed by atoms with E-state index < -0.39 is 11.9 Å². The minimum absolute atomic E-state index is 0.0947. The highest BCUT2D eigenvalue weighted by molar-refractivity contribution is 6.04. The van der Waals surface area contributed by atoms with E-state index in [1.165, 1.54) is 0 Å². The number of rotatable bonds is 5. The third kappa shape index (κ3) is 3.98. The molecule has 5 heteroatoms. The summed E-state index contributed by atoms with van der Waals surface area (Å²) in [5.74, 6) is -0.714. The molecule has 0 saturated heterocycles. The van der Waals surface area contributed by atoms with Gasteiger partial charge in [0.2, 0.25) is 0 Å². The summed E-state index contributed by atoms with van der Waals surface area (Å²) in [5.41, 5.74) is 3.71. The lowest BCUT2D eigenvalue weighted by molar-refractivity contribution is -0.140. The van der Waals surface area contributed by atoms with E-state index in [4.69, 9.17) is 9.47 Å². The van der Waals surface area contributed by atoms with Gasteiger partial charge in [0, 0.05) is 36.4 Å². The second kappa shape index (κ2) is 7.69. The topological polar surface area (TPSA) is 64.6 Å². The lowest BCUT2D eigenvalue weighted by Gasteiger charge is -2.39. The number of ether oxygens (including phenoxy) is 2. The van der Waals surface area contributed by atoms with Gasteiger partial charge in [-0.05, 0) is 24.3 Å². The van der Waals surface area contributed by atoms with Crippen LogP contribution in [0.15, 0.2) is 52.9 Å². The van der Waals surface area contributed by atoms with Crippen molar-refractivity contribution in [3.63, 3.8) is 0 Å². The molecule has 0 bridgehead atoms. The van der Waals surface area contributed by atoms with Crippen LogP contribution in [0.4, 0.5) is 0 Å². The average Bonchev–Trinajstić information content (AvgIpc) is 2.60. The zero-order valence-electron chi connectivity index (χ0n) is 16.4. The van der Waals surface area contributed by atoms with E-state index in [2.05, 4.69) is 19.2 Å². The van der Waals surface area contributed by atoms with Crippen LogP contribution >= 0.6 is 0 Å². The number of carbonyl (C=O) groups excluding carboxylic acids is 2. The molecule has 1 atom stereocenters. The number of ketones is 1. The Morgan fingerprint density at radius 1 is 1.19 bits per heavy atom. The first-order valence-corrected chi connectivity index (χ1v) is 9.29. The molecule has 0 amide bonds. The van der Waals surface area contributed by atoms with Crippen molar-refractivity contribution in [2.75, 3.05) is 20.3 Å².